The van der Waals surface area contributed by atoms with Crippen molar-refractivity contribution in [3.63, 3.8) is 0 Å². The lowest BCUT2D eigenvalue weighted by Gasteiger charge is -2.12. The SMILES string of the molecule is CC(C)NC(=O)CNc1ccc(C(N)=S)c(Br)c1F. The number of carbonyl (C=O) groups is 1. The third-order valence-corrected chi connectivity index (χ3v) is 3.23. The zero-order valence-corrected chi connectivity index (χ0v) is 13.0. The summed E-state index contributed by atoms with van der Waals surface area (Å²) in [5, 5.41) is 5.42. The predicted molar refractivity (Wildman–Crippen MR) is 81.8 cm³/mol. The highest BCUT2D eigenvalue weighted by Crippen LogP contribution is 2.26. The highest BCUT2D eigenvalue weighted by molar-refractivity contribution is 9.10. The van der Waals surface area contributed by atoms with Crippen molar-refractivity contribution in [3.05, 3.63) is 28.0 Å². The standard InChI is InChI=1S/C12H15BrFN3OS/c1-6(2)17-9(18)5-16-8-4-3-7(12(15)19)10(13)11(8)14/h3-4,6,16H,5H2,1-2H3,(H2,15,19)(H,17,18). The molecule has 0 saturated heterocycles. The van der Waals surface area contributed by atoms with E-state index in [2.05, 4.69) is 26.6 Å². The lowest BCUT2D eigenvalue weighted by atomic mass is 10.2. The number of carbonyl (C=O) groups excluding carboxylic acids is 1. The van der Waals surface area contributed by atoms with Crippen molar-refractivity contribution < 1.29 is 9.18 Å². The minimum absolute atomic E-state index is 0.00599. The summed E-state index contributed by atoms with van der Waals surface area (Å²) < 4.78 is 14.2. The Bertz CT molecular complexity index is 508. The summed E-state index contributed by atoms with van der Waals surface area (Å²) in [6, 6.07) is 3.14. The lowest BCUT2D eigenvalue weighted by molar-refractivity contribution is -0.119. The number of nitrogens with two attached hydrogens (primary N) is 1. The molecule has 0 radical (unpaired) electrons. The van der Waals surface area contributed by atoms with Gasteiger partial charge in [-0.15, -0.1) is 0 Å². The van der Waals surface area contributed by atoms with Crippen LogP contribution in [-0.4, -0.2) is 23.5 Å². The minimum Gasteiger partial charge on any atom is -0.389 e. The molecular weight excluding hydrogens is 333 g/mol. The Kier molecular flexibility index (Phi) is 5.68. The highest BCUT2D eigenvalue weighted by Gasteiger charge is 2.13. The topological polar surface area (TPSA) is 67.2 Å². The molecule has 0 unspecified atom stereocenters. The van der Waals surface area contributed by atoms with Crippen LogP contribution >= 0.6 is 28.1 Å². The second-order valence-electron chi connectivity index (χ2n) is 4.23. The van der Waals surface area contributed by atoms with Crippen LogP contribution in [0.25, 0.3) is 0 Å². The fourth-order valence-corrected chi connectivity index (χ4v) is 2.29. The van der Waals surface area contributed by atoms with Crippen molar-refractivity contribution in [2.45, 2.75) is 19.9 Å². The van der Waals surface area contributed by atoms with E-state index in [4.69, 9.17) is 18.0 Å². The number of benzene rings is 1. The van der Waals surface area contributed by atoms with Gasteiger partial charge in [-0.1, -0.05) is 12.2 Å². The van der Waals surface area contributed by atoms with E-state index in [9.17, 15) is 9.18 Å². The Balaban J connectivity index is 2.78. The Hall–Kier alpha value is -1.21. The van der Waals surface area contributed by atoms with Gasteiger partial charge in [-0.05, 0) is 41.9 Å². The molecule has 0 heterocycles. The van der Waals surface area contributed by atoms with E-state index in [1.807, 2.05) is 13.8 Å². The third-order valence-electron chi connectivity index (χ3n) is 2.24. The first-order valence-corrected chi connectivity index (χ1v) is 6.84. The molecule has 0 aliphatic carbocycles. The third kappa shape index (κ3) is 4.43. The number of hydrogen-bond donors (Lipinski definition) is 3. The van der Waals surface area contributed by atoms with Gasteiger partial charge in [0.05, 0.1) is 16.7 Å². The average Bonchev–Trinajstić information content (AvgIpc) is 2.29. The van der Waals surface area contributed by atoms with Crippen molar-refractivity contribution >= 4 is 44.7 Å². The van der Waals surface area contributed by atoms with Gasteiger partial charge < -0.3 is 16.4 Å². The van der Waals surface area contributed by atoms with E-state index in [-0.39, 0.29) is 33.6 Å². The minimum atomic E-state index is -0.525. The molecule has 1 aromatic rings. The fraction of sp³-hybridized carbons (Fsp3) is 0.333. The first-order valence-electron chi connectivity index (χ1n) is 5.64. The maximum Gasteiger partial charge on any atom is 0.239 e. The zero-order chi connectivity index (χ0) is 14.6. The van der Waals surface area contributed by atoms with Crippen molar-refractivity contribution in [2.75, 3.05) is 11.9 Å². The molecule has 1 aromatic carbocycles. The van der Waals surface area contributed by atoms with E-state index >= 15 is 0 Å². The summed E-state index contributed by atoms with van der Waals surface area (Å²) >= 11 is 7.90. The monoisotopic (exact) mass is 347 g/mol. The second kappa shape index (κ2) is 6.81. The van der Waals surface area contributed by atoms with Crippen molar-refractivity contribution in [1.29, 1.82) is 0 Å². The molecule has 0 atom stereocenters. The maximum absolute atomic E-state index is 14.0. The summed E-state index contributed by atoms with van der Waals surface area (Å²) in [6.07, 6.45) is 0. The van der Waals surface area contributed by atoms with Crippen LogP contribution < -0.4 is 16.4 Å². The molecule has 4 nitrogen and oxygen atoms in total. The summed E-state index contributed by atoms with van der Waals surface area (Å²) in [7, 11) is 0. The van der Waals surface area contributed by atoms with Crippen molar-refractivity contribution in [2.24, 2.45) is 5.73 Å². The van der Waals surface area contributed by atoms with E-state index in [1.54, 1.807) is 6.07 Å². The molecule has 19 heavy (non-hydrogen) atoms. The van der Waals surface area contributed by atoms with Gasteiger partial charge in [0.25, 0.3) is 0 Å². The first-order chi connectivity index (χ1) is 8.82. The van der Waals surface area contributed by atoms with Crippen LogP contribution in [0.2, 0.25) is 0 Å². The normalized spacial score (nSPS) is 10.4. The molecule has 0 spiro atoms. The van der Waals surface area contributed by atoms with Crippen LogP contribution in [0.1, 0.15) is 19.4 Å². The fourth-order valence-electron chi connectivity index (χ4n) is 1.42. The molecule has 0 aliphatic rings. The molecule has 0 aliphatic heterocycles. The predicted octanol–water partition coefficient (Wildman–Crippen LogP) is 2.16. The van der Waals surface area contributed by atoms with E-state index in [0.717, 1.165) is 0 Å². The molecule has 7 heteroatoms. The van der Waals surface area contributed by atoms with Crippen LogP contribution in [0, 0.1) is 5.82 Å². The number of hydrogen-bond acceptors (Lipinski definition) is 3. The molecule has 0 bridgehead atoms. The molecule has 104 valence electrons. The lowest BCUT2D eigenvalue weighted by Crippen LogP contribution is -2.35. The number of rotatable bonds is 5. The quantitative estimate of drug-likeness (QED) is 0.714. The molecule has 4 N–H and O–H groups in total. The number of thiocarbonyl (C=S) groups is 1. The molecule has 1 rings (SSSR count). The average molecular weight is 348 g/mol. The van der Waals surface area contributed by atoms with Gasteiger partial charge in [-0.2, -0.15) is 0 Å². The van der Waals surface area contributed by atoms with Gasteiger partial charge in [0.15, 0.2) is 5.82 Å². The summed E-state index contributed by atoms with van der Waals surface area (Å²) in [6.45, 7) is 3.70. The van der Waals surface area contributed by atoms with Crippen LogP contribution in [-0.2, 0) is 4.79 Å². The van der Waals surface area contributed by atoms with Crippen LogP contribution in [0.15, 0.2) is 16.6 Å². The number of halogens is 2. The van der Waals surface area contributed by atoms with Crippen molar-refractivity contribution in [3.8, 4) is 0 Å². The van der Waals surface area contributed by atoms with Crippen LogP contribution in [0.5, 0.6) is 0 Å². The van der Waals surface area contributed by atoms with Crippen molar-refractivity contribution in [1.82, 2.24) is 5.32 Å². The second-order valence-corrected chi connectivity index (χ2v) is 5.46. The van der Waals surface area contributed by atoms with Crippen LogP contribution in [0.3, 0.4) is 0 Å². The van der Waals surface area contributed by atoms with Gasteiger partial charge in [0.2, 0.25) is 5.91 Å². The number of anilines is 1. The number of nitrogens with one attached hydrogen (secondary N) is 2. The molecular formula is C12H15BrFN3OS. The van der Waals surface area contributed by atoms with E-state index < -0.39 is 5.82 Å². The van der Waals surface area contributed by atoms with Gasteiger partial charge in [0.1, 0.15) is 4.99 Å². The summed E-state index contributed by atoms with van der Waals surface area (Å²) in [4.78, 5) is 11.6. The molecule has 0 aromatic heterocycles. The molecule has 1 amide bonds. The van der Waals surface area contributed by atoms with Gasteiger partial charge in [-0.25, -0.2) is 4.39 Å². The molecule has 0 saturated carbocycles. The first kappa shape index (κ1) is 15.8. The smallest absolute Gasteiger partial charge is 0.239 e. The summed E-state index contributed by atoms with van der Waals surface area (Å²) in [5.41, 5.74) is 6.10. The maximum atomic E-state index is 14.0. The number of amides is 1. The Morgan fingerprint density at radius 1 is 1.53 bits per heavy atom. The zero-order valence-electron chi connectivity index (χ0n) is 10.6. The highest BCUT2D eigenvalue weighted by atomic mass is 79.9. The van der Waals surface area contributed by atoms with Gasteiger partial charge >= 0.3 is 0 Å². The Morgan fingerprint density at radius 3 is 2.68 bits per heavy atom. The Labute approximate surface area is 125 Å². The van der Waals surface area contributed by atoms with Crippen LogP contribution in [0.4, 0.5) is 10.1 Å². The van der Waals surface area contributed by atoms with Gasteiger partial charge in [-0.3, -0.25) is 4.79 Å². The van der Waals surface area contributed by atoms with Gasteiger partial charge in [0, 0.05) is 11.6 Å². The Morgan fingerprint density at radius 2 is 2.16 bits per heavy atom. The van der Waals surface area contributed by atoms with E-state index in [1.165, 1.54) is 6.07 Å². The van der Waals surface area contributed by atoms with E-state index in [0.29, 0.717) is 5.56 Å². The largest absolute Gasteiger partial charge is 0.389 e. The summed E-state index contributed by atoms with van der Waals surface area (Å²) in [5.74, 6) is -0.730. The molecule has 0 fully saturated rings.